The summed E-state index contributed by atoms with van der Waals surface area (Å²) in [5.74, 6) is -2.83. The normalized spacial score (nSPS) is 12.1. The summed E-state index contributed by atoms with van der Waals surface area (Å²) in [6.07, 6.45) is 3.66. The number of aliphatic hydroxyl groups excluding tert-OH is 1. The molecule has 0 aliphatic heterocycles. The van der Waals surface area contributed by atoms with Crippen LogP contribution in [0.4, 0.5) is 5.69 Å². The van der Waals surface area contributed by atoms with Gasteiger partial charge in [0.15, 0.2) is 0 Å². The van der Waals surface area contributed by atoms with Crippen LogP contribution in [0.5, 0.6) is 0 Å². The van der Waals surface area contributed by atoms with Crippen molar-refractivity contribution < 1.29 is 33.8 Å². The van der Waals surface area contributed by atoms with Gasteiger partial charge in [0.25, 0.3) is 5.91 Å². The second-order valence-corrected chi connectivity index (χ2v) is 8.73. The number of nitrogens with one attached hydrogen (secondary N) is 3. The Kier molecular flexibility index (Phi) is 14.0. The summed E-state index contributed by atoms with van der Waals surface area (Å²) in [7, 11) is 0. The Bertz CT molecular complexity index is 1130. The van der Waals surface area contributed by atoms with E-state index in [0.29, 0.717) is 12.1 Å². The van der Waals surface area contributed by atoms with Crippen molar-refractivity contribution >= 4 is 40.2 Å². The summed E-state index contributed by atoms with van der Waals surface area (Å²) >= 11 is 0. The van der Waals surface area contributed by atoms with Gasteiger partial charge in [0.2, 0.25) is 11.8 Å². The first-order valence-electron chi connectivity index (χ1n) is 12.8. The molecule has 39 heavy (non-hydrogen) atoms. The molecule has 0 bridgehead atoms. The Morgan fingerprint density at radius 1 is 0.974 bits per heavy atom. The molecule has 0 unspecified atom stereocenters. The van der Waals surface area contributed by atoms with Crippen LogP contribution in [0.3, 0.4) is 0 Å². The monoisotopic (exact) mass is 539 g/mol. The van der Waals surface area contributed by atoms with Gasteiger partial charge in [-0.05, 0) is 35.7 Å². The average molecular weight is 540 g/mol. The van der Waals surface area contributed by atoms with Gasteiger partial charge >= 0.3 is 5.97 Å². The molecule has 0 aliphatic rings. The number of carbonyl (C=O) groups is 4. The minimum absolute atomic E-state index is 0.0950. The van der Waals surface area contributed by atoms with E-state index in [9.17, 15) is 19.2 Å². The van der Waals surface area contributed by atoms with E-state index in [1.165, 1.54) is 6.08 Å². The maximum absolute atomic E-state index is 13.2. The standard InChI is InChI=1S/C29H37N3O7/c1-3-5-11-27(35)39-20-25(29(37)31-24-13-12-21-9-6-7-10-22(21)18-24)32-28(36)23(8-4-2)19-26(34)30-14-16-38-17-15-33/h3-4,6-7,9-10,12-13,18,23,25,33H,1-2,5,8,11,14-17,19-20H2,(H,30,34)(H,31,37)(H,32,36)/t23-,25+/m1/s1. The van der Waals surface area contributed by atoms with Crippen LogP contribution in [0.2, 0.25) is 0 Å². The molecule has 0 spiro atoms. The van der Waals surface area contributed by atoms with E-state index in [-0.39, 0.29) is 58.1 Å². The number of allylic oxidation sites excluding steroid dienone is 2. The topological polar surface area (TPSA) is 143 Å². The molecule has 0 saturated heterocycles. The zero-order valence-corrected chi connectivity index (χ0v) is 22.0. The lowest BCUT2D eigenvalue weighted by molar-refractivity contribution is -0.146. The highest BCUT2D eigenvalue weighted by Crippen LogP contribution is 2.19. The third-order valence-electron chi connectivity index (χ3n) is 5.67. The second kappa shape index (κ2) is 17.5. The fraction of sp³-hybridized carbons (Fsp3) is 0.379. The van der Waals surface area contributed by atoms with Gasteiger partial charge in [0.05, 0.1) is 25.7 Å². The predicted octanol–water partition coefficient (Wildman–Crippen LogP) is 2.48. The zero-order chi connectivity index (χ0) is 28.5. The molecule has 3 amide bonds. The van der Waals surface area contributed by atoms with E-state index in [0.717, 1.165) is 10.8 Å². The number of hydrogen-bond donors (Lipinski definition) is 4. The first-order valence-corrected chi connectivity index (χ1v) is 12.8. The van der Waals surface area contributed by atoms with Gasteiger partial charge in [0, 0.05) is 25.1 Å². The lowest BCUT2D eigenvalue weighted by Gasteiger charge is -2.22. The van der Waals surface area contributed by atoms with Crippen LogP contribution in [-0.4, -0.2) is 67.8 Å². The van der Waals surface area contributed by atoms with Crippen molar-refractivity contribution in [2.24, 2.45) is 5.92 Å². The van der Waals surface area contributed by atoms with E-state index >= 15 is 0 Å². The molecule has 2 aromatic rings. The molecule has 0 heterocycles. The molecular formula is C29H37N3O7. The number of rotatable bonds is 18. The van der Waals surface area contributed by atoms with Crippen LogP contribution < -0.4 is 16.0 Å². The van der Waals surface area contributed by atoms with Crippen molar-refractivity contribution in [1.82, 2.24) is 10.6 Å². The van der Waals surface area contributed by atoms with Crippen LogP contribution in [0.15, 0.2) is 67.8 Å². The van der Waals surface area contributed by atoms with E-state index in [2.05, 4.69) is 29.1 Å². The van der Waals surface area contributed by atoms with Crippen molar-refractivity contribution in [3.05, 3.63) is 67.8 Å². The number of fused-ring (bicyclic) bond motifs is 1. The Labute approximate surface area is 228 Å². The number of ether oxygens (including phenoxy) is 2. The molecule has 0 radical (unpaired) electrons. The molecule has 210 valence electrons. The third-order valence-corrected chi connectivity index (χ3v) is 5.67. The maximum atomic E-state index is 13.2. The Morgan fingerprint density at radius 3 is 2.46 bits per heavy atom. The van der Waals surface area contributed by atoms with Crippen LogP contribution in [0, 0.1) is 5.92 Å². The van der Waals surface area contributed by atoms with Gasteiger partial charge < -0.3 is 30.5 Å². The number of anilines is 1. The van der Waals surface area contributed by atoms with Crippen LogP contribution >= 0.6 is 0 Å². The van der Waals surface area contributed by atoms with Gasteiger partial charge in [0.1, 0.15) is 12.6 Å². The SMILES string of the molecule is C=CCCC(=O)OC[C@H](NC(=O)[C@H](CC=C)CC(=O)NCCOCCO)C(=O)Nc1ccc2ccccc2c1. The van der Waals surface area contributed by atoms with Gasteiger partial charge in [-0.3, -0.25) is 19.2 Å². The Hall–Kier alpha value is -4.02. The summed E-state index contributed by atoms with van der Waals surface area (Å²) in [5, 5.41) is 18.7. The van der Waals surface area contributed by atoms with Crippen LogP contribution in [-0.2, 0) is 28.7 Å². The lowest BCUT2D eigenvalue weighted by atomic mass is 9.99. The number of hydrogen-bond acceptors (Lipinski definition) is 7. The quantitative estimate of drug-likeness (QED) is 0.129. The first-order chi connectivity index (χ1) is 18.9. The number of aliphatic hydroxyl groups is 1. The lowest BCUT2D eigenvalue weighted by Crippen LogP contribution is -2.49. The number of carbonyl (C=O) groups excluding carboxylic acids is 4. The molecule has 4 N–H and O–H groups in total. The maximum Gasteiger partial charge on any atom is 0.306 e. The average Bonchev–Trinajstić information content (AvgIpc) is 2.93. The van der Waals surface area contributed by atoms with E-state index < -0.39 is 29.7 Å². The molecule has 2 atom stereocenters. The van der Waals surface area contributed by atoms with Crippen LogP contribution in [0.1, 0.15) is 25.7 Å². The zero-order valence-electron chi connectivity index (χ0n) is 22.0. The number of benzene rings is 2. The molecule has 0 aromatic heterocycles. The highest BCUT2D eigenvalue weighted by molar-refractivity contribution is 5.99. The molecule has 2 rings (SSSR count). The highest BCUT2D eigenvalue weighted by Gasteiger charge is 2.28. The van der Waals surface area contributed by atoms with Crippen molar-refractivity contribution in [2.75, 3.05) is 38.3 Å². The number of amides is 3. The Morgan fingerprint density at radius 2 is 1.74 bits per heavy atom. The fourth-order valence-electron chi connectivity index (χ4n) is 3.65. The molecule has 0 saturated carbocycles. The van der Waals surface area contributed by atoms with Gasteiger partial charge in [-0.2, -0.15) is 0 Å². The smallest absolute Gasteiger partial charge is 0.306 e. The molecule has 10 nitrogen and oxygen atoms in total. The number of esters is 1. The molecular weight excluding hydrogens is 502 g/mol. The summed E-state index contributed by atoms with van der Waals surface area (Å²) in [6.45, 7) is 7.34. The van der Waals surface area contributed by atoms with Crippen molar-refractivity contribution in [3.8, 4) is 0 Å². The second-order valence-electron chi connectivity index (χ2n) is 8.73. The predicted molar refractivity (Wildman–Crippen MR) is 149 cm³/mol. The van der Waals surface area contributed by atoms with Crippen molar-refractivity contribution in [3.63, 3.8) is 0 Å². The highest BCUT2D eigenvalue weighted by atomic mass is 16.5. The summed E-state index contributed by atoms with van der Waals surface area (Å²) < 4.78 is 10.4. The van der Waals surface area contributed by atoms with Crippen molar-refractivity contribution in [1.29, 1.82) is 0 Å². The van der Waals surface area contributed by atoms with Crippen molar-refractivity contribution in [2.45, 2.75) is 31.7 Å². The summed E-state index contributed by atoms with van der Waals surface area (Å²) in [6, 6.07) is 11.9. The first kappa shape index (κ1) is 31.2. The molecule has 0 aliphatic carbocycles. The van der Waals surface area contributed by atoms with Gasteiger partial charge in [-0.15, -0.1) is 13.2 Å². The van der Waals surface area contributed by atoms with E-state index in [4.69, 9.17) is 14.6 Å². The van der Waals surface area contributed by atoms with E-state index in [1.807, 2.05) is 30.3 Å². The fourth-order valence-corrected chi connectivity index (χ4v) is 3.65. The molecule has 10 heteroatoms. The summed E-state index contributed by atoms with van der Waals surface area (Å²) in [4.78, 5) is 50.7. The summed E-state index contributed by atoms with van der Waals surface area (Å²) in [5.41, 5.74) is 0.515. The molecule has 0 fully saturated rings. The third kappa shape index (κ3) is 11.5. The Balaban J connectivity index is 2.08. The van der Waals surface area contributed by atoms with Crippen LogP contribution in [0.25, 0.3) is 10.8 Å². The minimum atomic E-state index is -1.20. The van der Waals surface area contributed by atoms with Gasteiger partial charge in [-0.1, -0.05) is 42.5 Å². The van der Waals surface area contributed by atoms with E-state index in [1.54, 1.807) is 18.2 Å². The van der Waals surface area contributed by atoms with Gasteiger partial charge in [-0.25, -0.2) is 0 Å². The minimum Gasteiger partial charge on any atom is -0.463 e. The largest absolute Gasteiger partial charge is 0.463 e. The molecule has 2 aromatic carbocycles.